The van der Waals surface area contributed by atoms with Crippen LogP contribution in [0.4, 0.5) is 21.9 Å². The first-order chi connectivity index (χ1) is 13.0. The normalized spacial score (nSPS) is 15.1. The van der Waals surface area contributed by atoms with Crippen LogP contribution in [0.15, 0.2) is 48.5 Å². The number of urea groups is 1. The lowest BCUT2D eigenvalue weighted by Crippen LogP contribution is -2.44. The maximum Gasteiger partial charge on any atom is 0.319 e. The monoisotopic (exact) mass is 367 g/mol. The van der Waals surface area contributed by atoms with Gasteiger partial charge in [0.25, 0.3) is 5.91 Å². The van der Waals surface area contributed by atoms with Gasteiger partial charge in [-0.1, -0.05) is 12.1 Å². The first-order valence-corrected chi connectivity index (χ1v) is 9.03. The quantitative estimate of drug-likeness (QED) is 0.624. The Kier molecular flexibility index (Phi) is 5.93. The molecule has 27 heavy (non-hydrogen) atoms. The van der Waals surface area contributed by atoms with Crippen LogP contribution in [-0.2, 0) is 0 Å². The van der Waals surface area contributed by atoms with Gasteiger partial charge < -0.3 is 26.6 Å². The van der Waals surface area contributed by atoms with Crippen LogP contribution < -0.4 is 21.7 Å². The smallest absolute Gasteiger partial charge is 0.319 e. The van der Waals surface area contributed by atoms with E-state index in [0.717, 1.165) is 25.9 Å². The standard InChI is InChI=1S/C20H25N5O2/c1-25-12-10-16(11-13-25)24-20(27)23-15-8-6-14(7-9-15)22-19(26)17-4-2-3-5-18(17)21/h2-9,16H,10-13,21H2,1H3,(H,22,26)(H2,23,24,27). The summed E-state index contributed by atoms with van der Waals surface area (Å²) < 4.78 is 0. The Morgan fingerprint density at radius 2 is 1.56 bits per heavy atom. The van der Waals surface area contributed by atoms with E-state index in [2.05, 4.69) is 27.9 Å². The summed E-state index contributed by atoms with van der Waals surface area (Å²) >= 11 is 0. The zero-order valence-electron chi connectivity index (χ0n) is 15.4. The van der Waals surface area contributed by atoms with Crippen molar-refractivity contribution in [1.29, 1.82) is 0 Å². The molecule has 0 unspecified atom stereocenters. The Bertz CT molecular complexity index is 798. The molecule has 0 spiro atoms. The predicted octanol–water partition coefficient (Wildman–Crippen LogP) is 2.74. The number of amides is 3. The number of carbonyl (C=O) groups is 2. The van der Waals surface area contributed by atoms with Crippen LogP contribution in [0.2, 0.25) is 0 Å². The third-order valence-electron chi connectivity index (χ3n) is 4.66. The second kappa shape index (κ2) is 8.55. The van der Waals surface area contributed by atoms with Crippen molar-refractivity contribution in [1.82, 2.24) is 10.2 Å². The number of hydrogen-bond acceptors (Lipinski definition) is 4. The molecular formula is C20H25N5O2. The van der Waals surface area contributed by atoms with E-state index in [1.54, 1.807) is 48.5 Å². The van der Waals surface area contributed by atoms with E-state index in [1.165, 1.54) is 0 Å². The number of carbonyl (C=O) groups excluding carboxylic acids is 2. The molecule has 1 fully saturated rings. The molecule has 0 atom stereocenters. The Hall–Kier alpha value is -3.06. The molecule has 2 aromatic rings. The number of nitrogens with one attached hydrogen (secondary N) is 3. The van der Waals surface area contributed by atoms with Crippen molar-refractivity contribution < 1.29 is 9.59 Å². The van der Waals surface area contributed by atoms with Crippen LogP contribution in [0.1, 0.15) is 23.2 Å². The minimum atomic E-state index is -0.270. The minimum absolute atomic E-state index is 0.205. The molecule has 0 aromatic heterocycles. The topological polar surface area (TPSA) is 99.5 Å². The number of likely N-dealkylation sites (tertiary alicyclic amines) is 1. The van der Waals surface area contributed by atoms with Gasteiger partial charge in [-0.2, -0.15) is 0 Å². The number of nitrogens with two attached hydrogens (primary N) is 1. The van der Waals surface area contributed by atoms with Crippen molar-refractivity contribution >= 4 is 29.0 Å². The van der Waals surface area contributed by atoms with Crippen LogP contribution in [0.3, 0.4) is 0 Å². The molecule has 142 valence electrons. The molecule has 0 bridgehead atoms. The molecule has 5 N–H and O–H groups in total. The van der Waals surface area contributed by atoms with E-state index in [1.807, 2.05) is 0 Å². The fourth-order valence-electron chi connectivity index (χ4n) is 3.04. The van der Waals surface area contributed by atoms with Crippen LogP contribution in [0.25, 0.3) is 0 Å². The highest BCUT2D eigenvalue weighted by atomic mass is 16.2. The van der Waals surface area contributed by atoms with Crippen LogP contribution in [0.5, 0.6) is 0 Å². The summed E-state index contributed by atoms with van der Waals surface area (Å²) in [5.74, 6) is -0.270. The first-order valence-electron chi connectivity index (χ1n) is 9.03. The fraction of sp³-hybridized carbons (Fsp3) is 0.300. The second-order valence-electron chi connectivity index (χ2n) is 6.79. The number of hydrogen-bond donors (Lipinski definition) is 4. The molecular weight excluding hydrogens is 342 g/mol. The highest BCUT2D eigenvalue weighted by molar-refractivity contribution is 6.07. The first kappa shape index (κ1) is 18.7. The number of nitrogens with zero attached hydrogens (tertiary/aromatic N) is 1. The van der Waals surface area contributed by atoms with Crippen LogP contribution in [0, 0.1) is 0 Å². The van der Waals surface area contributed by atoms with Gasteiger partial charge in [-0.25, -0.2) is 4.79 Å². The molecule has 1 saturated heterocycles. The molecule has 0 radical (unpaired) electrons. The summed E-state index contributed by atoms with van der Waals surface area (Å²) in [6.45, 7) is 1.98. The number of nitrogen functional groups attached to an aromatic ring is 1. The van der Waals surface area contributed by atoms with E-state index < -0.39 is 0 Å². The molecule has 1 aliphatic heterocycles. The van der Waals surface area contributed by atoms with Gasteiger partial charge in [-0.3, -0.25) is 4.79 Å². The van der Waals surface area contributed by atoms with Gasteiger partial charge in [0.15, 0.2) is 0 Å². The molecule has 7 nitrogen and oxygen atoms in total. The molecule has 1 heterocycles. The van der Waals surface area contributed by atoms with Gasteiger partial charge in [0.1, 0.15) is 0 Å². The lowest BCUT2D eigenvalue weighted by atomic mass is 10.1. The van der Waals surface area contributed by atoms with Gasteiger partial charge >= 0.3 is 6.03 Å². The van der Waals surface area contributed by atoms with E-state index in [4.69, 9.17) is 5.73 Å². The van der Waals surface area contributed by atoms with Crippen molar-refractivity contribution in [3.63, 3.8) is 0 Å². The average Bonchev–Trinajstić information content (AvgIpc) is 2.65. The highest BCUT2D eigenvalue weighted by Crippen LogP contribution is 2.17. The lowest BCUT2D eigenvalue weighted by Gasteiger charge is -2.29. The third kappa shape index (κ3) is 5.21. The number of piperidine rings is 1. The molecule has 2 aromatic carbocycles. The molecule has 3 rings (SSSR count). The summed E-state index contributed by atoms with van der Waals surface area (Å²) in [5, 5.41) is 8.62. The number of anilines is 3. The average molecular weight is 367 g/mol. The molecule has 7 heteroatoms. The molecule has 0 aliphatic carbocycles. The zero-order valence-corrected chi connectivity index (χ0v) is 15.4. The maximum absolute atomic E-state index is 12.3. The number of benzene rings is 2. The van der Waals surface area contributed by atoms with E-state index >= 15 is 0 Å². The minimum Gasteiger partial charge on any atom is -0.398 e. The Balaban J connectivity index is 1.52. The van der Waals surface area contributed by atoms with E-state index in [9.17, 15) is 9.59 Å². The van der Waals surface area contributed by atoms with Crippen LogP contribution >= 0.6 is 0 Å². The highest BCUT2D eigenvalue weighted by Gasteiger charge is 2.18. The summed E-state index contributed by atoms with van der Waals surface area (Å²) in [4.78, 5) is 26.7. The summed E-state index contributed by atoms with van der Waals surface area (Å²) in [6.07, 6.45) is 1.91. The Morgan fingerprint density at radius 1 is 0.963 bits per heavy atom. The summed E-state index contributed by atoms with van der Waals surface area (Å²) in [5.41, 5.74) is 7.97. The Morgan fingerprint density at radius 3 is 2.19 bits per heavy atom. The predicted molar refractivity (Wildman–Crippen MR) is 108 cm³/mol. The van der Waals surface area contributed by atoms with Gasteiger partial charge in [-0.15, -0.1) is 0 Å². The van der Waals surface area contributed by atoms with Crippen molar-refractivity contribution in [2.75, 3.05) is 36.5 Å². The van der Waals surface area contributed by atoms with E-state index in [0.29, 0.717) is 22.6 Å². The van der Waals surface area contributed by atoms with E-state index in [-0.39, 0.29) is 18.0 Å². The van der Waals surface area contributed by atoms with Crippen molar-refractivity contribution in [2.45, 2.75) is 18.9 Å². The third-order valence-corrected chi connectivity index (χ3v) is 4.66. The fourth-order valence-corrected chi connectivity index (χ4v) is 3.04. The molecule has 1 aliphatic rings. The van der Waals surface area contributed by atoms with Gasteiger partial charge in [0.2, 0.25) is 0 Å². The number of rotatable bonds is 4. The van der Waals surface area contributed by atoms with Crippen LogP contribution in [-0.4, -0.2) is 43.0 Å². The SMILES string of the molecule is CN1CCC(NC(=O)Nc2ccc(NC(=O)c3ccccc3N)cc2)CC1. The van der Waals surface area contributed by atoms with Gasteiger partial charge in [-0.05, 0) is 69.4 Å². The Labute approximate surface area is 158 Å². The lowest BCUT2D eigenvalue weighted by molar-refractivity contribution is 0.102. The number of para-hydroxylation sites is 1. The van der Waals surface area contributed by atoms with Crippen molar-refractivity contribution in [3.8, 4) is 0 Å². The van der Waals surface area contributed by atoms with Crippen molar-refractivity contribution in [3.05, 3.63) is 54.1 Å². The van der Waals surface area contributed by atoms with Gasteiger partial charge in [0, 0.05) is 23.1 Å². The zero-order chi connectivity index (χ0) is 19.2. The largest absolute Gasteiger partial charge is 0.398 e. The van der Waals surface area contributed by atoms with Crippen molar-refractivity contribution in [2.24, 2.45) is 0 Å². The summed E-state index contributed by atoms with van der Waals surface area (Å²) in [7, 11) is 2.09. The molecule has 0 saturated carbocycles. The maximum atomic E-state index is 12.3. The second-order valence-corrected chi connectivity index (χ2v) is 6.79. The summed E-state index contributed by atoms with van der Waals surface area (Å²) in [6, 6.07) is 13.9. The molecule has 3 amide bonds. The van der Waals surface area contributed by atoms with Gasteiger partial charge in [0.05, 0.1) is 5.56 Å².